The normalized spacial score (nSPS) is 9.41. The predicted octanol–water partition coefficient (Wildman–Crippen LogP) is 5.41. The Labute approximate surface area is 109 Å². The Morgan fingerprint density at radius 1 is 0.765 bits per heavy atom. The number of rotatable bonds is 2. The van der Waals surface area contributed by atoms with Gasteiger partial charge in [-0.15, -0.1) is 11.8 Å². The van der Waals surface area contributed by atoms with Gasteiger partial charge in [0.15, 0.2) is 0 Å². The molecule has 0 fully saturated rings. The van der Waals surface area contributed by atoms with Gasteiger partial charge in [0.2, 0.25) is 0 Å². The number of aryl methyl sites for hydroxylation is 1. The molecule has 2 aromatic carbocycles. The van der Waals surface area contributed by atoms with Crippen molar-refractivity contribution in [1.82, 2.24) is 0 Å². The van der Waals surface area contributed by atoms with Crippen LogP contribution in [0, 0.1) is 6.92 Å². The molecule has 0 unspecified atom stereocenters. The first-order valence-corrected chi connectivity index (χ1v) is 7.24. The van der Waals surface area contributed by atoms with E-state index in [-0.39, 0.29) is 0 Å². The molecule has 0 heterocycles. The molecular weight excluding hydrogens is 224 g/mol. The van der Waals surface area contributed by atoms with E-state index in [0.717, 1.165) is 0 Å². The standard InChI is InChI=1S/C14H14S.C2H6/c1-11-7-3-4-8-12(11)13-9-5-6-10-14(13)15-2;1-2/h3-10H,1-2H3;1-2H3. The lowest BCUT2D eigenvalue weighted by Gasteiger charge is -2.09. The summed E-state index contributed by atoms with van der Waals surface area (Å²) in [6, 6.07) is 17.1. The molecule has 17 heavy (non-hydrogen) atoms. The Hall–Kier alpha value is -1.21. The van der Waals surface area contributed by atoms with Gasteiger partial charge in [-0.25, -0.2) is 0 Å². The molecule has 0 saturated heterocycles. The third-order valence-electron chi connectivity index (χ3n) is 2.54. The number of thioether (sulfide) groups is 1. The van der Waals surface area contributed by atoms with Crippen LogP contribution in [-0.4, -0.2) is 6.26 Å². The lowest BCUT2D eigenvalue weighted by Crippen LogP contribution is -1.84. The summed E-state index contributed by atoms with van der Waals surface area (Å²) < 4.78 is 0. The molecular formula is C16H20S. The zero-order chi connectivity index (χ0) is 12.7. The van der Waals surface area contributed by atoms with Gasteiger partial charge in [-0.3, -0.25) is 0 Å². The third-order valence-corrected chi connectivity index (χ3v) is 3.34. The van der Waals surface area contributed by atoms with E-state index < -0.39 is 0 Å². The summed E-state index contributed by atoms with van der Waals surface area (Å²) in [6.07, 6.45) is 2.12. The summed E-state index contributed by atoms with van der Waals surface area (Å²) in [4.78, 5) is 1.34. The van der Waals surface area contributed by atoms with Crippen LogP contribution in [0.15, 0.2) is 53.4 Å². The second kappa shape index (κ2) is 7.18. The van der Waals surface area contributed by atoms with Gasteiger partial charge >= 0.3 is 0 Å². The van der Waals surface area contributed by atoms with E-state index in [9.17, 15) is 0 Å². The number of benzene rings is 2. The smallest absolute Gasteiger partial charge is 0.0148 e. The van der Waals surface area contributed by atoms with Crippen LogP contribution in [0.25, 0.3) is 11.1 Å². The molecule has 2 rings (SSSR count). The molecule has 0 amide bonds. The summed E-state index contributed by atoms with van der Waals surface area (Å²) in [5.41, 5.74) is 4.00. The highest BCUT2D eigenvalue weighted by molar-refractivity contribution is 7.98. The number of hydrogen-bond acceptors (Lipinski definition) is 1. The maximum Gasteiger partial charge on any atom is 0.0148 e. The third kappa shape index (κ3) is 3.37. The zero-order valence-corrected chi connectivity index (χ0v) is 11.8. The molecule has 1 heteroatoms. The molecule has 90 valence electrons. The van der Waals surface area contributed by atoms with Crippen molar-refractivity contribution < 1.29 is 0 Å². The van der Waals surface area contributed by atoms with Crippen molar-refractivity contribution in [2.45, 2.75) is 25.7 Å². The molecule has 0 spiro atoms. The SMILES string of the molecule is CC.CSc1ccccc1-c1ccccc1C. The second-order valence-corrected chi connectivity index (χ2v) is 4.36. The van der Waals surface area contributed by atoms with E-state index in [1.807, 2.05) is 13.8 Å². The van der Waals surface area contributed by atoms with Crippen LogP contribution in [0.3, 0.4) is 0 Å². The van der Waals surface area contributed by atoms with Crippen molar-refractivity contribution in [2.75, 3.05) is 6.26 Å². The van der Waals surface area contributed by atoms with E-state index in [4.69, 9.17) is 0 Å². The van der Waals surface area contributed by atoms with Crippen LogP contribution in [0.2, 0.25) is 0 Å². The van der Waals surface area contributed by atoms with E-state index in [0.29, 0.717) is 0 Å². The Morgan fingerprint density at radius 2 is 1.29 bits per heavy atom. The zero-order valence-electron chi connectivity index (χ0n) is 11.0. The van der Waals surface area contributed by atoms with Gasteiger partial charge in [0.25, 0.3) is 0 Å². The summed E-state index contributed by atoms with van der Waals surface area (Å²) >= 11 is 1.80. The molecule has 0 aromatic heterocycles. The van der Waals surface area contributed by atoms with Crippen LogP contribution in [-0.2, 0) is 0 Å². The maximum atomic E-state index is 2.19. The summed E-state index contributed by atoms with van der Waals surface area (Å²) in [7, 11) is 0. The fourth-order valence-electron chi connectivity index (χ4n) is 1.74. The Morgan fingerprint density at radius 3 is 1.88 bits per heavy atom. The Bertz CT molecular complexity index is 461. The maximum absolute atomic E-state index is 2.19. The average Bonchev–Trinajstić information content (AvgIpc) is 2.41. The second-order valence-electron chi connectivity index (χ2n) is 3.52. The van der Waals surface area contributed by atoms with Crippen molar-refractivity contribution in [2.24, 2.45) is 0 Å². The first kappa shape index (κ1) is 13.9. The Kier molecular flexibility index (Phi) is 5.85. The van der Waals surface area contributed by atoms with Crippen molar-refractivity contribution in [1.29, 1.82) is 0 Å². The fraction of sp³-hybridized carbons (Fsp3) is 0.250. The van der Waals surface area contributed by atoms with Crippen LogP contribution in [0.1, 0.15) is 19.4 Å². The number of hydrogen-bond donors (Lipinski definition) is 0. The van der Waals surface area contributed by atoms with Gasteiger partial charge in [0.05, 0.1) is 0 Å². The lowest BCUT2D eigenvalue weighted by atomic mass is 10.0. The highest BCUT2D eigenvalue weighted by atomic mass is 32.2. The molecule has 0 aliphatic heterocycles. The van der Waals surface area contributed by atoms with Crippen LogP contribution < -0.4 is 0 Å². The van der Waals surface area contributed by atoms with Crippen molar-refractivity contribution >= 4 is 11.8 Å². The summed E-state index contributed by atoms with van der Waals surface area (Å²) in [6.45, 7) is 6.16. The van der Waals surface area contributed by atoms with Crippen LogP contribution in [0.4, 0.5) is 0 Å². The monoisotopic (exact) mass is 244 g/mol. The largest absolute Gasteiger partial charge is 0.129 e. The molecule has 0 radical (unpaired) electrons. The quantitative estimate of drug-likeness (QED) is 0.636. The van der Waals surface area contributed by atoms with E-state index in [1.54, 1.807) is 11.8 Å². The van der Waals surface area contributed by atoms with E-state index >= 15 is 0 Å². The topological polar surface area (TPSA) is 0 Å². The molecule has 2 aromatic rings. The lowest BCUT2D eigenvalue weighted by molar-refractivity contribution is 1.39. The summed E-state index contributed by atoms with van der Waals surface area (Å²) in [5, 5.41) is 0. The van der Waals surface area contributed by atoms with E-state index in [2.05, 4.69) is 61.7 Å². The predicted molar refractivity (Wildman–Crippen MR) is 79.7 cm³/mol. The minimum absolute atomic E-state index is 1.33. The van der Waals surface area contributed by atoms with E-state index in [1.165, 1.54) is 21.6 Å². The minimum Gasteiger partial charge on any atom is -0.129 e. The Balaban J connectivity index is 0.000000686. The molecule has 0 aliphatic rings. The summed E-state index contributed by atoms with van der Waals surface area (Å²) in [5.74, 6) is 0. The van der Waals surface area contributed by atoms with Crippen molar-refractivity contribution in [3.63, 3.8) is 0 Å². The molecule has 0 aliphatic carbocycles. The van der Waals surface area contributed by atoms with Gasteiger partial charge in [-0.05, 0) is 35.9 Å². The van der Waals surface area contributed by atoms with Crippen molar-refractivity contribution in [3.05, 3.63) is 54.1 Å². The molecule has 0 N–H and O–H groups in total. The highest BCUT2D eigenvalue weighted by Gasteiger charge is 2.04. The minimum atomic E-state index is 1.33. The van der Waals surface area contributed by atoms with Gasteiger partial charge in [0.1, 0.15) is 0 Å². The van der Waals surface area contributed by atoms with Gasteiger partial charge < -0.3 is 0 Å². The van der Waals surface area contributed by atoms with Crippen molar-refractivity contribution in [3.8, 4) is 11.1 Å². The highest BCUT2D eigenvalue weighted by Crippen LogP contribution is 2.31. The fourth-order valence-corrected chi connectivity index (χ4v) is 2.35. The molecule has 0 bridgehead atoms. The first-order valence-electron chi connectivity index (χ1n) is 6.02. The van der Waals surface area contributed by atoms with Crippen LogP contribution in [0.5, 0.6) is 0 Å². The molecule has 0 saturated carbocycles. The first-order chi connectivity index (χ1) is 8.33. The van der Waals surface area contributed by atoms with Gasteiger partial charge in [0, 0.05) is 4.90 Å². The van der Waals surface area contributed by atoms with Gasteiger partial charge in [-0.1, -0.05) is 56.3 Å². The van der Waals surface area contributed by atoms with Crippen LogP contribution >= 0.6 is 11.8 Å². The molecule has 0 nitrogen and oxygen atoms in total. The molecule has 0 atom stereocenters. The van der Waals surface area contributed by atoms with Gasteiger partial charge in [-0.2, -0.15) is 0 Å². The average molecular weight is 244 g/mol.